The zero-order chi connectivity index (χ0) is 12.9. The van der Waals surface area contributed by atoms with E-state index in [4.69, 9.17) is 21.1 Å². The SMILES string of the molecule is CC(Cl)C(=O)OC1C2CC3CC(C2)C(=O)OC1C3. The van der Waals surface area contributed by atoms with E-state index in [0.29, 0.717) is 5.92 Å². The number of halogens is 1. The molecule has 2 aliphatic carbocycles. The van der Waals surface area contributed by atoms with Crippen molar-refractivity contribution in [3.63, 3.8) is 0 Å². The fourth-order valence-corrected chi connectivity index (χ4v) is 3.72. The number of hydrogen-bond acceptors (Lipinski definition) is 4. The Balaban J connectivity index is 1.80. The van der Waals surface area contributed by atoms with Crippen molar-refractivity contribution < 1.29 is 19.1 Å². The van der Waals surface area contributed by atoms with Gasteiger partial charge >= 0.3 is 11.9 Å². The summed E-state index contributed by atoms with van der Waals surface area (Å²) in [5.41, 5.74) is 0. The molecule has 2 heterocycles. The van der Waals surface area contributed by atoms with Gasteiger partial charge in [-0.25, -0.2) is 0 Å². The van der Waals surface area contributed by atoms with E-state index in [1.807, 2.05) is 0 Å². The predicted molar refractivity (Wildman–Crippen MR) is 64.0 cm³/mol. The molecule has 0 aromatic rings. The number of esters is 2. The van der Waals surface area contributed by atoms with Gasteiger partial charge in [0.25, 0.3) is 0 Å². The molecule has 0 amide bonds. The second-order valence-corrected chi connectivity index (χ2v) is 6.41. The Morgan fingerprint density at radius 2 is 2.17 bits per heavy atom. The van der Waals surface area contributed by atoms with E-state index < -0.39 is 11.3 Å². The van der Waals surface area contributed by atoms with Crippen molar-refractivity contribution in [2.24, 2.45) is 17.8 Å². The number of hydrogen-bond donors (Lipinski definition) is 0. The summed E-state index contributed by atoms with van der Waals surface area (Å²) in [7, 11) is 0. The molecule has 4 aliphatic rings. The minimum Gasteiger partial charge on any atom is -0.458 e. The Kier molecular flexibility index (Phi) is 3.00. The number of ether oxygens (including phenoxy) is 2. The van der Waals surface area contributed by atoms with Crippen molar-refractivity contribution in [1.82, 2.24) is 0 Å². The molecule has 4 nitrogen and oxygen atoms in total. The van der Waals surface area contributed by atoms with E-state index in [1.165, 1.54) is 0 Å². The molecule has 100 valence electrons. The molecular weight excluding hydrogens is 256 g/mol. The lowest BCUT2D eigenvalue weighted by molar-refractivity contribution is -0.172. The van der Waals surface area contributed by atoms with Crippen molar-refractivity contribution in [1.29, 1.82) is 0 Å². The molecule has 4 bridgehead atoms. The molecule has 18 heavy (non-hydrogen) atoms. The summed E-state index contributed by atoms with van der Waals surface area (Å²) in [4.78, 5) is 23.5. The molecule has 2 aliphatic heterocycles. The first-order valence-corrected chi connectivity index (χ1v) is 7.03. The van der Waals surface area contributed by atoms with Gasteiger partial charge in [-0.2, -0.15) is 0 Å². The van der Waals surface area contributed by atoms with Gasteiger partial charge in [0, 0.05) is 5.92 Å². The van der Waals surface area contributed by atoms with Gasteiger partial charge in [0.1, 0.15) is 17.6 Å². The Bertz CT molecular complexity index is 381. The number of alkyl halides is 1. The Morgan fingerprint density at radius 1 is 1.39 bits per heavy atom. The molecule has 4 fully saturated rings. The average molecular weight is 273 g/mol. The number of rotatable bonds is 2. The Hall–Kier alpha value is -0.770. The molecule has 0 spiro atoms. The van der Waals surface area contributed by atoms with E-state index in [-0.39, 0.29) is 30.0 Å². The van der Waals surface area contributed by atoms with Gasteiger partial charge < -0.3 is 9.47 Å². The van der Waals surface area contributed by atoms with Crippen LogP contribution in [0.3, 0.4) is 0 Å². The second-order valence-electron chi connectivity index (χ2n) is 5.76. The van der Waals surface area contributed by atoms with E-state index >= 15 is 0 Å². The zero-order valence-electron chi connectivity index (χ0n) is 10.3. The molecule has 6 atom stereocenters. The highest BCUT2D eigenvalue weighted by Crippen LogP contribution is 2.48. The van der Waals surface area contributed by atoms with Crippen molar-refractivity contribution in [2.75, 3.05) is 0 Å². The lowest BCUT2D eigenvalue weighted by atomic mass is 9.67. The van der Waals surface area contributed by atoms with Gasteiger partial charge in [-0.3, -0.25) is 9.59 Å². The molecule has 0 aromatic heterocycles. The van der Waals surface area contributed by atoms with Gasteiger partial charge in [-0.1, -0.05) is 0 Å². The fourth-order valence-electron chi connectivity index (χ4n) is 3.66. The van der Waals surface area contributed by atoms with Crippen LogP contribution in [0, 0.1) is 17.8 Å². The van der Waals surface area contributed by atoms with Gasteiger partial charge in [0.05, 0.1) is 5.92 Å². The van der Waals surface area contributed by atoms with Crippen LogP contribution in [0.25, 0.3) is 0 Å². The van der Waals surface area contributed by atoms with Crippen LogP contribution in [0.1, 0.15) is 32.6 Å². The first-order chi connectivity index (χ1) is 8.54. The molecule has 2 saturated heterocycles. The van der Waals surface area contributed by atoms with Gasteiger partial charge in [0.2, 0.25) is 0 Å². The lowest BCUT2D eigenvalue weighted by Gasteiger charge is -2.41. The Labute approximate surface area is 111 Å². The van der Waals surface area contributed by atoms with Crippen LogP contribution < -0.4 is 0 Å². The smallest absolute Gasteiger partial charge is 0.324 e. The van der Waals surface area contributed by atoms with E-state index in [0.717, 1.165) is 25.7 Å². The molecule has 4 rings (SSSR count). The first kappa shape index (κ1) is 12.3. The largest absolute Gasteiger partial charge is 0.458 e. The third-order valence-electron chi connectivity index (χ3n) is 4.42. The summed E-state index contributed by atoms with van der Waals surface area (Å²) in [5.74, 6) is 0.303. The molecule has 0 aromatic carbocycles. The highest BCUT2D eigenvalue weighted by atomic mass is 35.5. The lowest BCUT2D eigenvalue weighted by Crippen LogP contribution is -2.46. The zero-order valence-corrected chi connectivity index (χ0v) is 11.1. The van der Waals surface area contributed by atoms with Crippen molar-refractivity contribution in [2.45, 2.75) is 50.2 Å². The maximum absolute atomic E-state index is 11.8. The standard InChI is InChI=1S/C13H17ClO4/c1-6(14)12(15)18-11-8-2-7-3-9(5-8)13(16)17-10(11)4-7/h6-11H,2-5H2,1H3. The quantitative estimate of drug-likeness (QED) is 0.569. The van der Waals surface area contributed by atoms with Crippen molar-refractivity contribution in [3.8, 4) is 0 Å². The van der Waals surface area contributed by atoms with Crippen molar-refractivity contribution in [3.05, 3.63) is 0 Å². The summed E-state index contributed by atoms with van der Waals surface area (Å²) in [6.07, 6.45) is 3.06. The highest BCUT2D eigenvalue weighted by molar-refractivity contribution is 6.29. The maximum Gasteiger partial charge on any atom is 0.324 e. The van der Waals surface area contributed by atoms with Crippen LogP contribution in [0.5, 0.6) is 0 Å². The van der Waals surface area contributed by atoms with E-state index in [9.17, 15) is 9.59 Å². The average Bonchev–Trinajstić information content (AvgIpc) is 2.47. The van der Waals surface area contributed by atoms with Crippen LogP contribution in [-0.2, 0) is 19.1 Å². The van der Waals surface area contributed by atoms with E-state index in [2.05, 4.69) is 0 Å². The van der Waals surface area contributed by atoms with E-state index in [1.54, 1.807) is 6.92 Å². The predicted octanol–water partition coefficient (Wildman–Crippen LogP) is 1.89. The molecule has 0 radical (unpaired) electrons. The van der Waals surface area contributed by atoms with Crippen LogP contribution >= 0.6 is 11.6 Å². The second kappa shape index (κ2) is 4.41. The van der Waals surface area contributed by atoms with Crippen LogP contribution in [0.4, 0.5) is 0 Å². The number of carbonyl (C=O) groups excluding carboxylic acids is 2. The summed E-state index contributed by atoms with van der Waals surface area (Å²) in [6.45, 7) is 1.60. The number of fused-ring (bicyclic) bond motifs is 1. The molecule has 0 N–H and O–H groups in total. The van der Waals surface area contributed by atoms with Gasteiger partial charge in [-0.05, 0) is 38.5 Å². The normalized spacial score (nSPS) is 43.2. The topological polar surface area (TPSA) is 52.6 Å². The Morgan fingerprint density at radius 3 is 2.89 bits per heavy atom. The fraction of sp³-hybridized carbons (Fsp3) is 0.846. The first-order valence-electron chi connectivity index (χ1n) is 6.59. The third-order valence-corrected chi connectivity index (χ3v) is 4.59. The minimum atomic E-state index is -0.654. The number of carbonyl (C=O) groups is 2. The van der Waals surface area contributed by atoms with Gasteiger partial charge in [-0.15, -0.1) is 11.6 Å². The van der Waals surface area contributed by atoms with Gasteiger partial charge in [0.15, 0.2) is 0 Å². The maximum atomic E-state index is 11.8. The summed E-state index contributed by atoms with van der Waals surface area (Å²) in [5, 5.41) is -0.654. The molecule has 5 heteroatoms. The minimum absolute atomic E-state index is 0.0101. The monoisotopic (exact) mass is 272 g/mol. The van der Waals surface area contributed by atoms with Crippen LogP contribution in [0.15, 0.2) is 0 Å². The highest BCUT2D eigenvalue weighted by Gasteiger charge is 2.51. The summed E-state index contributed by atoms with van der Waals surface area (Å²) < 4.78 is 10.9. The summed E-state index contributed by atoms with van der Waals surface area (Å²) >= 11 is 5.73. The van der Waals surface area contributed by atoms with Crippen molar-refractivity contribution >= 4 is 23.5 Å². The molecule has 6 unspecified atom stereocenters. The summed E-state index contributed by atoms with van der Waals surface area (Å²) in [6, 6.07) is 0. The van der Waals surface area contributed by atoms with Crippen LogP contribution in [0.2, 0.25) is 0 Å². The van der Waals surface area contributed by atoms with Crippen LogP contribution in [-0.4, -0.2) is 29.5 Å². The molecule has 2 saturated carbocycles. The third kappa shape index (κ3) is 2.00. The molecular formula is C13H17ClO4.